The van der Waals surface area contributed by atoms with Gasteiger partial charge in [-0.2, -0.15) is 0 Å². The quantitative estimate of drug-likeness (QED) is 0.616. The second-order valence-corrected chi connectivity index (χ2v) is 4.12. The molecule has 1 amide bonds. The maximum atomic E-state index is 10.8. The van der Waals surface area contributed by atoms with E-state index in [2.05, 4.69) is 0 Å². The number of amides is 1. The van der Waals surface area contributed by atoms with Gasteiger partial charge in [0.15, 0.2) is 0 Å². The Balaban J connectivity index is 2.62. The fourth-order valence-corrected chi connectivity index (χ4v) is 1.61. The van der Waals surface area contributed by atoms with E-state index in [9.17, 15) is 4.79 Å². The predicted octanol–water partition coefficient (Wildman–Crippen LogP) is 3.18. The highest BCUT2D eigenvalue weighted by atomic mass is 35.5. The van der Waals surface area contributed by atoms with Crippen molar-refractivity contribution < 1.29 is 9.53 Å². The molecule has 0 spiro atoms. The maximum Gasteiger partial charge on any atom is 0.316 e. The molecule has 0 aliphatic carbocycles. The highest BCUT2D eigenvalue weighted by Crippen LogP contribution is 2.25. The van der Waals surface area contributed by atoms with E-state index in [1.54, 1.807) is 20.2 Å². The number of hydrogen-bond acceptors (Lipinski definition) is 2. The molecule has 0 unspecified atom stereocenters. The molecule has 0 bridgehead atoms. The third-order valence-corrected chi connectivity index (χ3v) is 2.84. The normalized spacial score (nSPS) is 10.0. The highest BCUT2D eigenvalue weighted by Gasteiger charge is 2.06. The van der Waals surface area contributed by atoms with Gasteiger partial charge in [-0.25, -0.2) is 0 Å². The lowest BCUT2D eigenvalue weighted by Crippen LogP contribution is -2.23. The minimum absolute atomic E-state index is 0.459. The van der Waals surface area contributed by atoms with Crippen LogP contribution in [0.15, 0.2) is 18.2 Å². The van der Waals surface area contributed by atoms with Crippen molar-refractivity contribution in [1.82, 2.24) is 4.90 Å². The van der Waals surface area contributed by atoms with Crippen LogP contribution in [0, 0.1) is 0 Å². The molecule has 0 aliphatic rings. The van der Waals surface area contributed by atoms with Crippen LogP contribution in [0.3, 0.4) is 0 Å². The fraction of sp³-hybridized carbons (Fsp3) is 0.364. The van der Waals surface area contributed by atoms with Crippen molar-refractivity contribution in [2.75, 3.05) is 20.7 Å². The van der Waals surface area contributed by atoms with Crippen LogP contribution < -0.4 is 4.74 Å². The number of hydrogen-bond donors (Lipinski definition) is 0. The van der Waals surface area contributed by atoms with Crippen molar-refractivity contribution in [1.29, 1.82) is 0 Å². The van der Waals surface area contributed by atoms with Crippen molar-refractivity contribution >= 4 is 28.6 Å². The lowest BCUT2D eigenvalue weighted by molar-refractivity contribution is 0.232. The van der Waals surface area contributed by atoms with Gasteiger partial charge in [0.1, 0.15) is 5.75 Å². The smallest absolute Gasteiger partial charge is 0.316 e. The summed E-state index contributed by atoms with van der Waals surface area (Å²) in [5, 5.41) is 0.111. The number of ether oxygens (including phenoxy) is 1. The molecule has 1 aromatic rings. The summed E-state index contributed by atoms with van der Waals surface area (Å²) in [4.78, 5) is 12.2. The van der Waals surface area contributed by atoms with Crippen molar-refractivity contribution in [3.63, 3.8) is 0 Å². The number of halogens is 2. The van der Waals surface area contributed by atoms with Crippen LogP contribution in [0.5, 0.6) is 5.75 Å². The van der Waals surface area contributed by atoms with Gasteiger partial charge in [-0.1, -0.05) is 17.7 Å². The Morgan fingerprint density at radius 1 is 1.50 bits per heavy atom. The first-order valence-corrected chi connectivity index (χ1v) is 5.53. The van der Waals surface area contributed by atoms with Gasteiger partial charge < -0.3 is 9.64 Å². The first-order chi connectivity index (χ1) is 7.54. The number of benzene rings is 1. The SMILES string of the molecule is COc1ccc(CCN(C)C(=O)Cl)cc1Cl. The van der Waals surface area contributed by atoms with E-state index < -0.39 is 5.37 Å². The Bertz CT molecular complexity index is 382. The number of carbonyl (C=O) groups excluding carboxylic acids is 1. The second kappa shape index (κ2) is 5.97. The molecule has 0 heterocycles. The summed E-state index contributed by atoms with van der Waals surface area (Å²) in [5.74, 6) is 0.646. The van der Waals surface area contributed by atoms with E-state index in [1.807, 2.05) is 12.1 Å². The van der Waals surface area contributed by atoms with Crippen LogP contribution in [0.25, 0.3) is 0 Å². The topological polar surface area (TPSA) is 29.5 Å². The summed E-state index contributed by atoms with van der Waals surface area (Å²) in [7, 11) is 3.22. The first kappa shape index (κ1) is 13.1. The van der Waals surface area contributed by atoms with E-state index in [-0.39, 0.29) is 0 Å². The van der Waals surface area contributed by atoms with Crippen LogP contribution in [0.1, 0.15) is 5.56 Å². The second-order valence-electron chi connectivity index (χ2n) is 3.39. The van der Waals surface area contributed by atoms with Gasteiger partial charge in [0, 0.05) is 13.6 Å². The molecule has 1 rings (SSSR count). The zero-order chi connectivity index (χ0) is 12.1. The van der Waals surface area contributed by atoms with Crippen LogP contribution in [0.4, 0.5) is 4.79 Å². The lowest BCUT2D eigenvalue weighted by atomic mass is 10.1. The van der Waals surface area contributed by atoms with Crippen LogP contribution in [-0.2, 0) is 6.42 Å². The molecule has 1 aromatic carbocycles. The molecular formula is C11H13Cl2NO2. The molecule has 88 valence electrons. The molecular weight excluding hydrogens is 249 g/mol. The summed E-state index contributed by atoms with van der Waals surface area (Å²) in [6.45, 7) is 0.561. The Morgan fingerprint density at radius 3 is 2.69 bits per heavy atom. The summed E-state index contributed by atoms with van der Waals surface area (Å²) in [6.07, 6.45) is 0.707. The molecule has 3 nitrogen and oxygen atoms in total. The molecule has 0 aliphatic heterocycles. The minimum Gasteiger partial charge on any atom is -0.495 e. The van der Waals surface area contributed by atoms with Crippen molar-refractivity contribution in [2.45, 2.75) is 6.42 Å². The Kier molecular flexibility index (Phi) is 4.90. The summed E-state index contributed by atoms with van der Waals surface area (Å²) >= 11 is 11.3. The van der Waals surface area contributed by atoms with Crippen molar-refractivity contribution in [3.05, 3.63) is 28.8 Å². The molecule has 0 atom stereocenters. The van der Waals surface area contributed by atoms with Gasteiger partial charge in [0.25, 0.3) is 0 Å². The highest BCUT2D eigenvalue weighted by molar-refractivity contribution is 6.62. The molecule has 0 radical (unpaired) electrons. The molecule has 0 fully saturated rings. The van der Waals surface area contributed by atoms with Crippen LogP contribution >= 0.6 is 23.2 Å². The van der Waals surface area contributed by atoms with Gasteiger partial charge in [-0.3, -0.25) is 4.79 Å². The molecule has 0 saturated heterocycles. The number of rotatable bonds is 4. The van der Waals surface area contributed by atoms with Gasteiger partial charge in [0.2, 0.25) is 0 Å². The Labute approximate surface area is 105 Å². The summed E-state index contributed by atoms with van der Waals surface area (Å²) < 4.78 is 5.05. The van der Waals surface area contributed by atoms with E-state index >= 15 is 0 Å². The Hall–Kier alpha value is -0.930. The van der Waals surface area contributed by atoms with Crippen LogP contribution in [0.2, 0.25) is 5.02 Å². The molecule has 0 aromatic heterocycles. The van der Waals surface area contributed by atoms with Crippen molar-refractivity contribution in [2.24, 2.45) is 0 Å². The fourth-order valence-electron chi connectivity index (χ4n) is 1.25. The monoisotopic (exact) mass is 261 g/mol. The van der Waals surface area contributed by atoms with Crippen molar-refractivity contribution in [3.8, 4) is 5.75 Å². The maximum absolute atomic E-state index is 10.8. The minimum atomic E-state index is -0.459. The third-order valence-electron chi connectivity index (χ3n) is 2.25. The predicted molar refractivity (Wildman–Crippen MR) is 65.6 cm³/mol. The Morgan fingerprint density at radius 2 is 2.19 bits per heavy atom. The average Bonchev–Trinajstić information content (AvgIpc) is 2.25. The number of carbonyl (C=O) groups is 1. The molecule has 0 N–H and O–H groups in total. The molecule has 16 heavy (non-hydrogen) atoms. The lowest BCUT2D eigenvalue weighted by Gasteiger charge is -2.13. The van der Waals surface area contributed by atoms with E-state index in [0.717, 1.165) is 5.56 Å². The standard InChI is InChI=1S/C11H13Cl2NO2/c1-14(11(13)15)6-5-8-3-4-10(16-2)9(12)7-8/h3-4,7H,5-6H2,1-2H3. The third kappa shape index (κ3) is 3.58. The summed E-state index contributed by atoms with van der Waals surface area (Å²) in [6, 6.07) is 5.55. The first-order valence-electron chi connectivity index (χ1n) is 4.77. The van der Waals surface area contributed by atoms with Crippen LogP contribution in [-0.4, -0.2) is 31.0 Å². The van der Waals surface area contributed by atoms with E-state index in [0.29, 0.717) is 23.7 Å². The molecule has 0 saturated carbocycles. The van der Waals surface area contributed by atoms with E-state index in [4.69, 9.17) is 27.9 Å². The number of nitrogens with zero attached hydrogens (tertiary/aromatic N) is 1. The zero-order valence-corrected chi connectivity index (χ0v) is 10.7. The summed E-state index contributed by atoms with van der Waals surface area (Å²) in [5.41, 5.74) is 1.04. The number of methoxy groups -OCH3 is 1. The average molecular weight is 262 g/mol. The number of likely N-dealkylation sites (N-methyl/N-ethyl adjacent to an activating group) is 1. The zero-order valence-electron chi connectivity index (χ0n) is 9.17. The van der Waals surface area contributed by atoms with Gasteiger partial charge in [0.05, 0.1) is 12.1 Å². The van der Waals surface area contributed by atoms with Gasteiger partial charge >= 0.3 is 5.37 Å². The molecule has 5 heteroatoms. The van der Waals surface area contributed by atoms with Gasteiger partial charge in [-0.15, -0.1) is 0 Å². The van der Waals surface area contributed by atoms with Gasteiger partial charge in [-0.05, 0) is 35.7 Å². The largest absolute Gasteiger partial charge is 0.495 e. The van der Waals surface area contributed by atoms with E-state index in [1.165, 1.54) is 4.90 Å².